The summed E-state index contributed by atoms with van der Waals surface area (Å²) in [6.07, 6.45) is 5.03. The molecule has 3 fully saturated rings. The van der Waals surface area contributed by atoms with Gasteiger partial charge in [-0.3, -0.25) is 4.79 Å². The number of likely N-dealkylation sites (tertiary alicyclic amines) is 1. The number of halogens is 6. The van der Waals surface area contributed by atoms with Crippen molar-refractivity contribution in [1.29, 1.82) is 0 Å². The minimum atomic E-state index is -2.61. The molecule has 1 saturated carbocycles. The number of nitrogens with zero attached hydrogens (tertiary/aromatic N) is 1. The number of hydrogen-bond donors (Lipinski definition) is 2. The Hall–Kier alpha value is -0.310. The van der Waals surface area contributed by atoms with Crippen molar-refractivity contribution in [2.45, 2.75) is 75.7 Å². The molecule has 2 aliphatic heterocycles. The molecular formula is C18H33Cl2F4N3O. The van der Waals surface area contributed by atoms with E-state index in [-0.39, 0.29) is 75.4 Å². The fourth-order valence-electron chi connectivity index (χ4n) is 3.75. The summed E-state index contributed by atoms with van der Waals surface area (Å²) in [4.78, 5) is 13.7. The molecule has 168 valence electrons. The molecule has 4 nitrogen and oxygen atoms in total. The maximum atomic E-state index is 13.0. The Balaban J connectivity index is 0.000000621. The highest BCUT2D eigenvalue weighted by Crippen LogP contribution is 2.30. The summed E-state index contributed by atoms with van der Waals surface area (Å²) in [6, 6.07) is -0.489. The summed E-state index contributed by atoms with van der Waals surface area (Å²) >= 11 is 0. The van der Waals surface area contributed by atoms with Gasteiger partial charge in [-0.15, -0.1) is 24.8 Å². The molecule has 0 spiro atoms. The molecule has 3 rings (SSSR count). The molecule has 1 atom stereocenters. The third-order valence-corrected chi connectivity index (χ3v) is 5.58. The molecule has 0 unspecified atom stereocenters. The first-order chi connectivity index (χ1) is 12.2. The van der Waals surface area contributed by atoms with E-state index in [1.807, 2.05) is 0 Å². The van der Waals surface area contributed by atoms with Gasteiger partial charge in [0.2, 0.25) is 5.91 Å². The number of carbonyl (C=O) groups excluding carboxylic acids is 1. The van der Waals surface area contributed by atoms with Crippen LogP contribution in [0.3, 0.4) is 0 Å². The Morgan fingerprint density at radius 2 is 1.36 bits per heavy atom. The van der Waals surface area contributed by atoms with Gasteiger partial charge in [-0.2, -0.15) is 0 Å². The predicted molar refractivity (Wildman–Crippen MR) is 107 cm³/mol. The van der Waals surface area contributed by atoms with Gasteiger partial charge in [0.25, 0.3) is 11.8 Å². The number of alkyl halides is 4. The fourth-order valence-corrected chi connectivity index (χ4v) is 3.75. The van der Waals surface area contributed by atoms with Gasteiger partial charge < -0.3 is 16.0 Å². The summed E-state index contributed by atoms with van der Waals surface area (Å²) in [7, 11) is 0. The van der Waals surface area contributed by atoms with Gasteiger partial charge in [-0.25, -0.2) is 17.6 Å². The highest BCUT2D eigenvalue weighted by Gasteiger charge is 2.38. The average molecular weight is 454 g/mol. The SMILES string of the molecule is Cl.Cl.FC1(F)CCNCC1.N[C@H](C(=O)N1CCC(F)(F)CC1)C1CCCCC1. The molecule has 2 heterocycles. The van der Waals surface area contributed by atoms with Crippen molar-refractivity contribution in [1.82, 2.24) is 10.2 Å². The minimum absolute atomic E-state index is 0. The van der Waals surface area contributed by atoms with Gasteiger partial charge in [0.1, 0.15) is 0 Å². The van der Waals surface area contributed by atoms with Crippen molar-refractivity contribution in [3.63, 3.8) is 0 Å². The molecule has 0 radical (unpaired) electrons. The van der Waals surface area contributed by atoms with E-state index < -0.39 is 17.9 Å². The van der Waals surface area contributed by atoms with E-state index >= 15 is 0 Å². The van der Waals surface area contributed by atoms with E-state index in [1.54, 1.807) is 0 Å². The molecule has 10 heteroatoms. The number of rotatable bonds is 2. The van der Waals surface area contributed by atoms with Crippen LogP contribution in [0.5, 0.6) is 0 Å². The molecule has 2 saturated heterocycles. The zero-order valence-electron chi connectivity index (χ0n) is 16.1. The van der Waals surface area contributed by atoms with Crippen molar-refractivity contribution >= 4 is 30.7 Å². The predicted octanol–water partition coefficient (Wildman–Crippen LogP) is 4.00. The van der Waals surface area contributed by atoms with E-state index in [1.165, 1.54) is 11.3 Å². The lowest BCUT2D eigenvalue weighted by Gasteiger charge is -2.35. The largest absolute Gasteiger partial charge is 0.341 e. The molecule has 3 aliphatic rings. The van der Waals surface area contributed by atoms with Crippen molar-refractivity contribution in [2.24, 2.45) is 11.7 Å². The van der Waals surface area contributed by atoms with Gasteiger partial charge in [0, 0.05) is 51.9 Å². The number of piperidine rings is 2. The topological polar surface area (TPSA) is 58.4 Å². The molecule has 1 amide bonds. The quantitative estimate of drug-likeness (QED) is 0.621. The molecule has 0 aromatic heterocycles. The summed E-state index contributed by atoms with van der Waals surface area (Å²) in [5.74, 6) is -4.87. The van der Waals surface area contributed by atoms with Crippen LogP contribution in [0.4, 0.5) is 17.6 Å². The second-order valence-corrected chi connectivity index (χ2v) is 7.71. The zero-order valence-corrected chi connectivity index (χ0v) is 17.7. The van der Waals surface area contributed by atoms with Crippen molar-refractivity contribution in [2.75, 3.05) is 26.2 Å². The Bertz CT molecular complexity index is 448. The number of nitrogens with one attached hydrogen (secondary N) is 1. The monoisotopic (exact) mass is 453 g/mol. The fraction of sp³-hybridized carbons (Fsp3) is 0.944. The third-order valence-electron chi connectivity index (χ3n) is 5.58. The molecule has 3 N–H and O–H groups in total. The van der Waals surface area contributed by atoms with Crippen LogP contribution < -0.4 is 11.1 Å². The Morgan fingerprint density at radius 1 is 0.893 bits per heavy atom. The zero-order chi connectivity index (χ0) is 19.2. The maximum absolute atomic E-state index is 13.0. The van der Waals surface area contributed by atoms with Crippen LogP contribution in [0.15, 0.2) is 0 Å². The number of hydrogen-bond acceptors (Lipinski definition) is 3. The molecule has 0 aromatic rings. The van der Waals surface area contributed by atoms with Crippen LogP contribution in [-0.2, 0) is 4.79 Å². The van der Waals surface area contributed by atoms with Gasteiger partial charge >= 0.3 is 0 Å². The number of carbonyl (C=O) groups is 1. The molecule has 0 aromatic carbocycles. The van der Waals surface area contributed by atoms with Crippen LogP contribution in [-0.4, -0.2) is 54.9 Å². The van der Waals surface area contributed by atoms with Crippen molar-refractivity contribution in [3.8, 4) is 0 Å². The molecular weight excluding hydrogens is 421 g/mol. The van der Waals surface area contributed by atoms with E-state index in [4.69, 9.17) is 5.73 Å². The van der Waals surface area contributed by atoms with Gasteiger partial charge in [0.15, 0.2) is 0 Å². The van der Waals surface area contributed by atoms with E-state index in [9.17, 15) is 22.4 Å². The first kappa shape index (κ1) is 27.7. The Kier molecular flexibility index (Phi) is 12.3. The summed E-state index contributed by atoms with van der Waals surface area (Å²) in [6.45, 7) is 1.22. The minimum Gasteiger partial charge on any atom is -0.341 e. The third kappa shape index (κ3) is 9.01. The molecule has 1 aliphatic carbocycles. The Morgan fingerprint density at radius 3 is 1.79 bits per heavy atom. The number of nitrogens with two attached hydrogens (primary N) is 1. The lowest BCUT2D eigenvalue weighted by atomic mass is 9.83. The van der Waals surface area contributed by atoms with Gasteiger partial charge in [-0.1, -0.05) is 19.3 Å². The highest BCUT2D eigenvalue weighted by molar-refractivity contribution is 5.85. The van der Waals surface area contributed by atoms with Crippen LogP contribution >= 0.6 is 24.8 Å². The molecule has 28 heavy (non-hydrogen) atoms. The van der Waals surface area contributed by atoms with Gasteiger partial charge in [0.05, 0.1) is 6.04 Å². The lowest BCUT2D eigenvalue weighted by Crippen LogP contribution is -2.52. The average Bonchev–Trinajstić information content (AvgIpc) is 2.61. The molecule has 0 bridgehead atoms. The van der Waals surface area contributed by atoms with Crippen LogP contribution in [0, 0.1) is 5.92 Å². The first-order valence-electron chi connectivity index (χ1n) is 9.71. The summed E-state index contributed by atoms with van der Waals surface area (Å²) < 4.78 is 50.4. The smallest absolute Gasteiger partial charge is 0.251 e. The standard InChI is InChI=1S/C13H22F2N2O.C5H9F2N.2ClH/c14-13(15)6-8-17(9-7-13)12(18)11(16)10-4-2-1-3-5-10;6-5(7)1-3-8-4-2-5;;/h10-11H,1-9,16H2;8H,1-4H2;2*1H/t11-;;;/m0.../s1. The van der Waals surface area contributed by atoms with Crippen LogP contribution in [0.2, 0.25) is 0 Å². The normalized spacial score (nSPS) is 25.2. The maximum Gasteiger partial charge on any atom is 0.251 e. The van der Waals surface area contributed by atoms with E-state index in [0.717, 1.165) is 25.7 Å². The van der Waals surface area contributed by atoms with Crippen LogP contribution in [0.1, 0.15) is 57.8 Å². The van der Waals surface area contributed by atoms with Crippen molar-refractivity contribution in [3.05, 3.63) is 0 Å². The second kappa shape index (κ2) is 12.4. The second-order valence-electron chi connectivity index (χ2n) is 7.71. The highest BCUT2D eigenvalue weighted by atomic mass is 35.5. The first-order valence-corrected chi connectivity index (χ1v) is 9.71. The van der Waals surface area contributed by atoms with Crippen LogP contribution in [0.25, 0.3) is 0 Å². The lowest BCUT2D eigenvalue weighted by molar-refractivity contribution is -0.140. The summed E-state index contributed by atoms with van der Waals surface area (Å²) in [5, 5.41) is 2.86. The van der Waals surface area contributed by atoms with Gasteiger partial charge in [-0.05, 0) is 18.8 Å². The van der Waals surface area contributed by atoms with E-state index in [0.29, 0.717) is 13.1 Å². The number of amides is 1. The Labute approximate surface area is 177 Å². The van der Waals surface area contributed by atoms with E-state index in [2.05, 4.69) is 5.32 Å². The summed E-state index contributed by atoms with van der Waals surface area (Å²) in [5.41, 5.74) is 6.01. The van der Waals surface area contributed by atoms with Crippen molar-refractivity contribution < 1.29 is 22.4 Å².